The molecule has 0 aromatic heterocycles. The van der Waals surface area contributed by atoms with Crippen LogP contribution in [0.4, 0.5) is 0 Å². The van der Waals surface area contributed by atoms with Gasteiger partial charge >= 0.3 is 0 Å². The van der Waals surface area contributed by atoms with Gasteiger partial charge in [0.2, 0.25) is 5.91 Å². The second kappa shape index (κ2) is 6.01. The molecule has 2 N–H and O–H groups in total. The number of nitrogens with two attached hydrogens (primary N) is 1. The first kappa shape index (κ1) is 14.7. The number of hydrogen-bond acceptors (Lipinski definition) is 2. The molecule has 3 nitrogen and oxygen atoms in total. The van der Waals surface area contributed by atoms with Crippen LogP contribution < -0.4 is 5.73 Å². The third-order valence-corrected chi connectivity index (χ3v) is 3.65. The van der Waals surface area contributed by atoms with Crippen LogP contribution in [0.1, 0.15) is 29.2 Å². The summed E-state index contributed by atoms with van der Waals surface area (Å²) in [4.78, 5) is 13.4. The highest BCUT2D eigenvalue weighted by atomic mass is 16.2. The third kappa shape index (κ3) is 3.33. The summed E-state index contributed by atoms with van der Waals surface area (Å²) < 4.78 is 0. The van der Waals surface area contributed by atoms with Crippen LogP contribution in [0.3, 0.4) is 0 Å². The molecule has 0 radical (unpaired) electrons. The van der Waals surface area contributed by atoms with Crippen LogP contribution in [0, 0.1) is 20.8 Å². The highest BCUT2D eigenvalue weighted by Gasteiger charge is 2.13. The normalized spacial score (nSPS) is 12.3. The van der Waals surface area contributed by atoms with Crippen molar-refractivity contribution >= 4 is 5.91 Å². The molecule has 1 amide bonds. The molecule has 0 aliphatic heterocycles. The van der Waals surface area contributed by atoms with E-state index in [0.29, 0.717) is 6.54 Å². The Hall–Kier alpha value is -1.35. The first-order valence-corrected chi connectivity index (χ1v) is 6.40. The minimum Gasteiger partial charge on any atom is -0.344 e. The van der Waals surface area contributed by atoms with E-state index in [-0.39, 0.29) is 5.91 Å². The van der Waals surface area contributed by atoms with E-state index in [0.717, 1.165) is 6.42 Å². The Labute approximate surface area is 110 Å². The summed E-state index contributed by atoms with van der Waals surface area (Å²) in [7, 11) is 1.81. The largest absolute Gasteiger partial charge is 0.344 e. The maximum absolute atomic E-state index is 11.7. The van der Waals surface area contributed by atoms with Crippen molar-refractivity contribution in [2.75, 3.05) is 13.6 Å². The molecule has 100 valence electrons. The molecule has 0 aliphatic rings. The fraction of sp³-hybridized carbons (Fsp3) is 0.533. The van der Waals surface area contributed by atoms with Gasteiger partial charge in [-0.15, -0.1) is 0 Å². The Morgan fingerprint density at radius 3 is 2.44 bits per heavy atom. The van der Waals surface area contributed by atoms with E-state index in [4.69, 9.17) is 5.73 Å². The van der Waals surface area contributed by atoms with Crippen LogP contribution in [0.2, 0.25) is 0 Å². The Morgan fingerprint density at radius 1 is 1.28 bits per heavy atom. The van der Waals surface area contributed by atoms with Crippen molar-refractivity contribution in [2.24, 2.45) is 5.73 Å². The van der Waals surface area contributed by atoms with Gasteiger partial charge in [-0.05, 0) is 56.4 Å². The number of rotatable bonds is 4. The molecule has 0 spiro atoms. The molecule has 0 saturated heterocycles. The topological polar surface area (TPSA) is 46.3 Å². The minimum absolute atomic E-state index is 0.00325. The summed E-state index contributed by atoms with van der Waals surface area (Å²) in [5.74, 6) is -0.00325. The van der Waals surface area contributed by atoms with E-state index < -0.39 is 6.04 Å². The molecular weight excluding hydrogens is 224 g/mol. The van der Waals surface area contributed by atoms with E-state index >= 15 is 0 Å². The minimum atomic E-state index is -0.421. The number of nitrogens with zero attached hydrogens (tertiary/aromatic N) is 1. The average molecular weight is 248 g/mol. The second-order valence-electron chi connectivity index (χ2n) is 5.09. The molecule has 0 saturated carbocycles. The van der Waals surface area contributed by atoms with E-state index in [2.05, 4.69) is 32.9 Å². The predicted octanol–water partition coefficient (Wildman–Crippen LogP) is 1.96. The summed E-state index contributed by atoms with van der Waals surface area (Å²) in [6.07, 6.45) is 0.877. The molecular formula is C15H24N2O. The number of likely N-dealkylation sites (N-methyl/N-ethyl adjacent to an activating group) is 1. The van der Waals surface area contributed by atoms with Gasteiger partial charge in [0, 0.05) is 13.6 Å². The highest BCUT2D eigenvalue weighted by molar-refractivity contribution is 5.80. The number of carbonyl (C=O) groups is 1. The average Bonchev–Trinajstić information content (AvgIpc) is 2.33. The smallest absolute Gasteiger partial charge is 0.238 e. The van der Waals surface area contributed by atoms with Gasteiger partial charge in [-0.25, -0.2) is 0 Å². The van der Waals surface area contributed by atoms with Gasteiger partial charge in [0.25, 0.3) is 0 Å². The van der Waals surface area contributed by atoms with Crippen molar-refractivity contribution in [1.29, 1.82) is 0 Å². The molecule has 1 aromatic rings. The summed E-state index contributed by atoms with van der Waals surface area (Å²) in [6, 6.07) is 3.88. The molecule has 3 heteroatoms. The standard InChI is InChI=1S/C15H24N2O/c1-10-6-7-14(12(3)11(10)2)8-9-17(5)15(18)13(4)16/h6-7,13H,8-9,16H2,1-5H3. The maximum Gasteiger partial charge on any atom is 0.238 e. The van der Waals surface area contributed by atoms with Gasteiger partial charge in [0.15, 0.2) is 0 Å². The Morgan fingerprint density at radius 2 is 1.89 bits per heavy atom. The quantitative estimate of drug-likeness (QED) is 0.885. The van der Waals surface area contributed by atoms with Crippen molar-refractivity contribution in [2.45, 2.75) is 40.2 Å². The molecule has 0 aliphatic carbocycles. The van der Waals surface area contributed by atoms with E-state index in [1.165, 1.54) is 22.3 Å². The molecule has 1 rings (SSSR count). The molecule has 1 atom stereocenters. The van der Waals surface area contributed by atoms with Crippen LogP contribution in [0.15, 0.2) is 12.1 Å². The number of amides is 1. The summed E-state index contributed by atoms with van der Waals surface area (Å²) in [5, 5.41) is 0. The molecule has 0 heterocycles. The lowest BCUT2D eigenvalue weighted by molar-refractivity contribution is -0.130. The zero-order valence-electron chi connectivity index (χ0n) is 12.1. The van der Waals surface area contributed by atoms with Crippen molar-refractivity contribution in [3.8, 4) is 0 Å². The van der Waals surface area contributed by atoms with Gasteiger partial charge in [0.05, 0.1) is 6.04 Å². The van der Waals surface area contributed by atoms with E-state index in [9.17, 15) is 4.79 Å². The van der Waals surface area contributed by atoms with Gasteiger partial charge < -0.3 is 10.6 Å². The van der Waals surface area contributed by atoms with Crippen LogP contribution in [-0.4, -0.2) is 30.4 Å². The second-order valence-corrected chi connectivity index (χ2v) is 5.09. The van der Waals surface area contributed by atoms with Crippen molar-refractivity contribution in [3.63, 3.8) is 0 Å². The van der Waals surface area contributed by atoms with Gasteiger partial charge in [0.1, 0.15) is 0 Å². The monoisotopic (exact) mass is 248 g/mol. The Bertz CT molecular complexity index is 438. The maximum atomic E-state index is 11.7. The highest BCUT2D eigenvalue weighted by Crippen LogP contribution is 2.17. The molecule has 0 bridgehead atoms. The van der Waals surface area contributed by atoms with Gasteiger partial charge in [-0.2, -0.15) is 0 Å². The van der Waals surface area contributed by atoms with E-state index in [1.54, 1.807) is 11.8 Å². The van der Waals surface area contributed by atoms with Crippen molar-refractivity contribution < 1.29 is 4.79 Å². The zero-order chi connectivity index (χ0) is 13.9. The van der Waals surface area contributed by atoms with Crippen molar-refractivity contribution in [3.05, 3.63) is 34.4 Å². The number of hydrogen-bond donors (Lipinski definition) is 1. The van der Waals surface area contributed by atoms with Gasteiger partial charge in [-0.3, -0.25) is 4.79 Å². The lowest BCUT2D eigenvalue weighted by Crippen LogP contribution is -2.40. The molecule has 18 heavy (non-hydrogen) atoms. The fourth-order valence-corrected chi connectivity index (χ4v) is 2.03. The van der Waals surface area contributed by atoms with Crippen LogP contribution >= 0.6 is 0 Å². The number of aryl methyl sites for hydroxylation is 1. The third-order valence-electron chi connectivity index (χ3n) is 3.65. The number of carbonyl (C=O) groups excluding carboxylic acids is 1. The summed E-state index contributed by atoms with van der Waals surface area (Å²) >= 11 is 0. The summed E-state index contributed by atoms with van der Waals surface area (Å²) in [6.45, 7) is 8.84. The lowest BCUT2D eigenvalue weighted by atomic mass is 9.97. The summed E-state index contributed by atoms with van der Waals surface area (Å²) in [5.41, 5.74) is 10.9. The lowest BCUT2D eigenvalue weighted by Gasteiger charge is -2.20. The fourth-order valence-electron chi connectivity index (χ4n) is 2.03. The predicted molar refractivity (Wildman–Crippen MR) is 75.6 cm³/mol. The first-order chi connectivity index (χ1) is 8.34. The van der Waals surface area contributed by atoms with Crippen LogP contribution in [0.25, 0.3) is 0 Å². The van der Waals surface area contributed by atoms with Crippen molar-refractivity contribution in [1.82, 2.24) is 4.90 Å². The van der Waals surface area contributed by atoms with E-state index in [1.807, 2.05) is 7.05 Å². The SMILES string of the molecule is Cc1ccc(CCN(C)C(=O)C(C)N)c(C)c1C. The number of benzene rings is 1. The first-order valence-electron chi connectivity index (χ1n) is 6.40. The Kier molecular flexibility index (Phi) is 4.91. The van der Waals surface area contributed by atoms with Crippen LogP contribution in [-0.2, 0) is 11.2 Å². The molecule has 0 fully saturated rings. The molecule has 1 aromatic carbocycles. The zero-order valence-corrected chi connectivity index (χ0v) is 12.1. The Balaban J connectivity index is 2.70. The van der Waals surface area contributed by atoms with Crippen LogP contribution in [0.5, 0.6) is 0 Å². The van der Waals surface area contributed by atoms with Gasteiger partial charge in [-0.1, -0.05) is 12.1 Å². The molecule has 1 unspecified atom stereocenters.